The summed E-state index contributed by atoms with van der Waals surface area (Å²) in [5.74, 6) is 3.62. The minimum Gasteiger partial charge on any atom is -0.393 e. The van der Waals surface area contributed by atoms with E-state index < -0.39 is 0 Å². The zero-order valence-electron chi connectivity index (χ0n) is 20.6. The fourth-order valence-electron chi connectivity index (χ4n) is 8.58. The lowest BCUT2D eigenvalue weighted by Crippen LogP contribution is -2.55. The highest BCUT2D eigenvalue weighted by atomic mass is 17.1. The van der Waals surface area contributed by atoms with Gasteiger partial charge in [-0.2, -0.15) is 0 Å². The van der Waals surface area contributed by atoms with Gasteiger partial charge >= 0.3 is 0 Å². The van der Waals surface area contributed by atoms with Gasteiger partial charge in [-0.15, -0.1) is 0 Å². The maximum atomic E-state index is 10.3. The molecule has 0 spiro atoms. The highest BCUT2D eigenvalue weighted by Gasteiger charge is 2.61. The van der Waals surface area contributed by atoms with Crippen LogP contribution in [0, 0.1) is 46.3 Å². The Bertz CT molecular complexity index is 711. The van der Waals surface area contributed by atoms with Gasteiger partial charge in [0.1, 0.15) is 6.10 Å². The number of hydrogen-bond donors (Lipinski definition) is 2. The van der Waals surface area contributed by atoms with Gasteiger partial charge in [0, 0.05) is 0 Å². The van der Waals surface area contributed by atoms with Crippen molar-refractivity contribution in [3.63, 3.8) is 0 Å². The van der Waals surface area contributed by atoms with Crippen LogP contribution in [0.1, 0.15) is 92.4 Å². The molecule has 0 amide bonds. The molecular weight excluding hydrogens is 384 g/mol. The first-order valence-electron chi connectivity index (χ1n) is 13.0. The SMILES string of the molecule is C=C(CC[C@@H](C)[C@H]1CC[C@H]2[C@@H]3[C@@H](OO)C=C4C[C@@H](O)CC[C@]4(C)[C@H]3CC[C@]12C)C(C)C. The van der Waals surface area contributed by atoms with Crippen LogP contribution in [0.5, 0.6) is 0 Å². The number of rotatable bonds is 6. The highest BCUT2D eigenvalue weighted by molar-refractivity contribution is 5.28. The van der Waals surface area contributed by atoms with Crippen LogP contribution in [0.4, 0.5) is 0 Å². The van der Waals surface area contributed by atoms with Crippen molar-refractivity contribution in [1.82, 2.24) is 0 Å². The molecule has 0 aromatic rings. The first kappa shape index (κ1) is 23.5. The van der Waals surface area contributed by atoms with E-state index in [4.69, 9.17) is 4.89 Å². The number of fused-ring (bicyclic) bond motifs is 5. The van der Waals surface area contributed by atoms with Crippen LogP contribution in [0.3, 0.4) is 0 Å². The minimum atomic E-state index is -0.235. The number of hydrogen-bond acceptors (Lipinski definition) is 3. The Balaban J connectivity index is 1.56. The summed E-state index contributed by atoms with van der Waals surface area (Å²) in [5, 5.41) is 20.2. The molecule has 176 valence electrons. The van der Waals surface area contributed by atoms with E-state index >= 15 is 0 Å². The van der Waals surface area contributed by atoms with Crippen LogP contribution < -0.4 is 0 Å². The van der Waals surface area contributed by atoms with E-state index in [1.54, 1.807) is 0 Å². The standard InChI is InChI=1S/C28H46O3/c1-17(2)18(3)7-8-19(4)22-9-10-23-26-24(12-14-28(22,23)6)27(5)13-11-21(29)15-20(27)16-25(26)31-30/h16-17,19,21-26,29-30H,3,7-15H2,1-2,4-6H3/t19-,21+,22-,23+,24+,25+,26+,27+,28-/m1/s1. The second kappa shape index (κ2) is 8.61. The lowest BCUT2D eigenvalue weighted by molar-refractivity contribution is -0.296. The van der Waals surface area contributed by atoms with E-state index in [2.05, 4.69) is 47.3 Å². The first-order chi connectivity index (χ1) is 14.6. The summed E-state index contributed by atoms with van der Waals surface area (Å²) >= 11 is 0. The van der Waals surface area contributed by atoms with Gasteiger partial charge in [0.05, 0.1) is 6.10 Å². The fourth-order valence-corrected chi connectivity index (χ4v) is 8.58. The van der Waals surface area contributed by atoms with Gasteiger partial charge in [-0.05, 0) is 104 Å². The molecule has 3 nitrogen and oxygen atoms in total. The molecule has 3 heteroatoms. The van der Waals surface area contributed by atoms with Crippen molar-refractivity contribution in [2.24, 2.45) is 46.3 Å². The van der Waals surface area contributed by atoms with Crippen LogP contribution in [0.2, 0.25) is 0 Å². The van der Waals surface area contributed by atoms with Crippen molar-refractivity contribution in [3.05, 3.63) is 23.8 Å². The Kier molecular flexibility index (Phi) is 6.53. The van der Waals surface area contributed by atoms with Gasteiger partial charge < -0.3 is 5.11 Å². The molecule has 0 saturated heterocycles. The molecule has 4 rings (SSSR count). The fraction of sp³-hybridized carbons (Fsp3) is 0.857. The van der Waals surface area contributed by atoms with Crippen LogP contribution >= 0.6 is 0 Å². The lowest BCUT2D eigenvalue weighted by Gasteiger charge is -2.59. The molecule has 0 unspecified atom stereocenters. The highest BCUT2D eigenvalue weighted by Crippen LogP contribution is 2.67. The first-order valence-corrected chi connectivity index (χ1v) is 13.0. The quantitative estimate of drug-likeness (QED) is 0.270. The molecule has 31 heavy (non-hydrogen) atoms. The van der Waals surface area contributed by atoms with E-state index in [0.29, 0.717) is 35.0 Å². The van der Waals surface area contributed by atoms with Crippen molar-refractivity contribution in [2.75, 3.05) is 0 Å². The molecule has 3 fully saturated rings. The van der Waals surface area contributed by atoms with Gasteiger partial charge in [0.25, 0.3) is 0 Å². The Hall–Kier alpha value is -0.640. The van der Waals surface area contributed by atoms with Gasteiger partial charge in [-0.25, -0.2) is 4.89 Å². The molecule has 4 aliphatic carbocycles. The summed E-state index contributed by atoms with van der Waals surface area (Å²) < 4.78 is 0. The zero-order valence-corrected chi connectivity index (χ0v) is 20.6. The molecule has 4 aliphatic rings. The van der Waals surface area contributed by atoms with Crippen molar-refractivity contribution in [1.29, 1.82) is 0 Å². The maximum absolute atomic E-state index is 10.3. The molecule has 9 atom stereocenters. The maximum Gasteiger partial charge on any atom is 0.114 e. The summed E-state index contributed by atoms with van der Waals surface area (Å²) in [4.78, 5) is 5.17. The number of allylic oxidation sites excluding steroid dienone is 1. The van der Waals surface area contributed by atoms with Crippen molar-refractivity contribution >= 4 is 0 Å². The second-order valence-electron chi connectivity index (χ2n) is 12.4. The molecule has 0 aromatic carbocycles. The molecule has 0 aliphatic heterocycles. The summed E-state index contributed by atoms with van der Waals surface area (Å²) in [6, 6.07) is 0. The van der Waals surface area contributed by atoms with Crippen molar-refractivity contribution in [3.8, 4) is 0 Å². The molecule has 2 N–H and O–H groups in total. The largest absolute Gasteiger partial charge is 0.393 e. The Morgan fingerprint density at radius 1 is 1.13 bits per heavy atom. The van der Waals surface area contributed by atoms with Gasteiger partial charge in [-0.1, -0.05) is 58.4 Å². The number of aliphatic hydroxyl groups excluding tert-OH is 1. The molecule has 0 radical (unpaired) electrons. The topological polar surface area (TPSA) is 49.7 Å². The molecule has 0 bridgehead atoms. The second-order valence-corrected chi connectivity index (χ2v) is 12.4. The van der Waals surface area contributed by atoms with E-state index in [9.17, 15) is 10.4 Å². The third-order valence-corrected chi connectivity index (χ3v) is 10.7. The Morgan fingerprint density at radius 2 is 1.87 bits per heavy atom. The average Bonchev–Trinajstić information content (AvgIpc) is 3.09. The summed E-state index contributed by atoms with van der Waals surface area (Å²) in [5.41, 5.74) is 3.23. The normalized spacial score (nSPS) is 45.5. The third-order valence-electron chi connectivity index (χ3n) is 10.7. The van der Waals surface area contributed by atoms with E-state index in [1.807, 2.05) is 0 Å². The zero-order chi connectivity index (χ0) is 22.6. The summed E-state index contributed by atoms with van der Waals surface area (Å²) in [7, 11) is 0. The predicted octanol–water partition coefficient (Wildman–Crippen LogP) is 7.02. The van der Waals surface area contributed by atoms with Crippen LogP contribution in [0.25, 0.3) is 0 Å². The summed E-state index contributed by atoms with van der Waals surface area (Å²) in [6.45, 7) is 16.3. The number of aliphatic hydroxyl groups is 1. The van der Waals surface area contributed by atoms with Crippen molar-refractivity contribution < 1.29 is 15.3 Å². The van der Waals surface area contributed by atoms with Gasteiger partial charge in [-0.3, -0.25) is 5.26 Å². The molecule has 0 aromatic heterocycles. The molecule has 0 heterocycles. The monoisotopic (exact) mass is 430 g/mol. The van der Waals surface area contributed by atoms with E-state index in [1.165, 1.54) is 43.3 Å². The predicted molar refractivity (Wildman–Crippen MR) is 126 cm³/mol. The summed E-state index contributed by atoms with van der Waals surface area (Å²) in [6.07, 6.45) is 12.0. The lowest BCUT2D eigenvalue weighted by atomic mass is 9.46. The van der Waals surface area contributed by atoms with E-state index in [-0.39, 0.29) is 17.6 Å². The third kappa shape index (κ3) is 3.87. The van der Waals surface area contributed by atoms with E-state index in [0.717, 1.165) is 31.6 Å². The smallest absolute Gasteiger partial charge is 0.114 e. The minimum absolute atomic E-state index is 0.166. The van der Waals surface area contributed by atoms with Gasteiger partial charge in [0.15, 0.2) is 0 Å². The Labute approximate surface area is 190 Å². The van der Waals surface area contributed by atoms with Crippen LogP contribution in [-0.4, -0.2) is 22.6 Å². The van der Waals surface area contributed by atoms with Gasteiger partial charge in [0.2, 0.25) is 0 Å². The average molecular weight is 431 g/mol. The van der Waals surface area contributed by atoms with Crippen molar-refractivity contribution in [2.45, 2.75) is 105 Å². The van der Waals surface area contributed by atoms with Crippen LogP contribution in [0.15, 0.2) is 23.8 Å². The molecular formula is C28H46O3. The molecule has 3 saturated carbocycles. The Morgan fingerprint density at radius 3 is 2.55 bits per heavy atom. The van der Waals surface area contributed by atoms with Crippen LogP contribution in [-0.2, 0) is 4.89 Å².